The molecule has 0 saturated carbocycles. The predicted octanol–water partition coefficient (Wildman–Crippen LogP) is 4.95. The zero-order valence-corrected chi connectivity index (χ0v) is 15.4. The van der Waals surface area contributed by atoms with E-state index in [0.29, 0.717) is 12.1 Å². The number of Topliss-reactive ketones (excluding diaryl/α,β-unsaturated/α-hetero) is 2. The lowest BCUT2D eigenvalue weighted by atomic mass is 9.74. The summed E-state index contributed by atoms with van der Waals surface area (Å²) >= 11 is 4.75. The van der Waals surface area contributed by atoms with E-state index in [9.17, 15) is 9.59 Å². The number of fused-ring (bicyclic) bond motifs is 1. The molecule has 1 aliphatic rings. The fraction of sp³-hybridized carbons (Fsp3) is 0.438. The summed E-state index contributed by atoms with van der Waals surface area (Å²) in [5.74, 6) is 0.218. The first kappa shape index (κ1) is 15.9. The highest BCUT2D eigenvalue weighted by molar-refractivity contribution is 8.00. The average Bonchev–Trinajstić information content (AvgIpc) is 3.00. The quantitative estimate of drug-likeness (QED) is 0.580. The van der Waals surface area contributed by atoms with E-state index < -0.39 is 0 Å². The van der Waals surface area contributed by atoms with Gasteiger partial charge in [0.15, 0.2) is 11.6 Å². The minimum absolute atomic E-state index is 0.0176. The van der Waals surface area contributed by atoms with Gasteiger partial charge in [0, 0.05) is 24.3 Å². The average molecular weight is 352 g/mol. The minimum Gasteiger partial charge on any atom is -0.294 e. The predicted molar refractivity (Wildman–Crippen MR) is 93.6 cm³/mol. The van der Waals surface area contributed by atoms with Gasteiger partial charge in [0.2, 0.25) is 0 Å². The Bertz CT molecular complexity index is 770. The second kappa shape index (κ2) is 5.58. The molecule has 3 rings (SSSR count). The number of hydrogen-bond donors (Lipinski definition) is 0. The number of rotatable bonds is 3. The molecule has 22 heavy (non-hydrogen) atoms. The van der Waals surface area contributed by atoms with Crippen molar-refractivity contribution in [2.45, 2.75) is 37.8 Å². The number of thioether (sulfide) groups is 1. The standard InChI is InChI=1S/C16H17NO2S3/c1-8(18)10-7-21-14(17-10)13-9-5-16(2,3)6-11(19)12(9)15(20-4)22-13/h7H,5-6H2,1-4H3. The molecule has 2 heterocycles. The summed E-state index contributed by atoms with van der Waals surface area (Å²) in [4.78, 5) is 29.6. The molecule has 0 N–H and O–H groups in total. The van der Waals surface area contributed by atoms with Crippen molar-refractivity contribution in [3.05, 3.63) is 22.2 Å². The van der Waals surface area contributed by atoms with Gasteiger partial charge in [0.25, 0.3) is 0 Å². The second-order valence-corrected chi connectivity index (χ2v) is 9.26. The Labute approximate surface area is 142 Å². The Hall–Kier alpha value is -0.980. The Balaban J connectivity index is 2.16. The number of thiophene rings is 1. The van der Waals surface area contributed by atoms with Crippen molar-refractivity contribution in [3.8, 4) is 9.88 Å². The molecule has 2 aromatic heterocycles. The van der Waals surface area contributed by atoms with Crippen LogP contribution in [0, 0.1) is 5.41 Å². The summed E-state index contributed by atoms with van der Waals surface area (Å²) in [5, 5.41) is 2.66. The van der Waals surface area contributed by atoms with Crippen LogP contribution in [0.15, 0.2) is 9.59 Å². The van der Waals surface area contributed by atoms with Gasteiger partial charge in [-0.15, -0.1) is 34.4 Å². The fourth-order valence-corrected chi connectivity index (χ4v) is 5.89. The lowest BCUT2D eigenvalue weighted by molar-refractivity contribution is 0.0909. The molecule has 0 unspecified atom stereocenters. The Morgan fingerprint density at radius 1 is 1.36 bits per heavy atom. The molecule has 0 spiro atoms. The van der Waals surface area contributed by atoms with Crippen molar-refractivity contribution >= 4 is 46.0 Å². The molecule has 2 aromatic rings. The number of thiazole rings is 1. The minimum atomic E-state index is -0.0191. The molecular weight excluding hydrogens is 334 g/mol. The largest absolute Gasteiger partial charge is 0.294 e. The summed E-state index contributed by atoms with van der Waals surface area (Å²) < 4.78 is 1.07. The number of ketones is 2. The van der Waals surface area contributed by atoms with Crippen molar-refractivity contribution in [1.29, 1.82) is 0 Å². The van der Waals surface area contributed by atoms with Crippen LogP contribution in [0.4, 0.5) is 0 Å². The number of carbonyl (C=O) groups is 2. The van der Waals surface area contributed by atoms with Crippen molar-refractivity contribution in [3.63, 3.8) is 0 Å². The van der Waals surface area contributed by atoms with Crippen LogP contribution in [0.25, 0.3) is 9.88 Å². The molecule has 0 radical (unpaired) electrons. The maximum Gasteiger partial charge on any atom is 0.178 e. The molecule has 0 bridgehead atoms. The zero-order valence-electron chi connectivity index (χ0n) is 13.0. The third kappa shape index (κ3) is 2.68. The van der Waals surface area contributed by atoms with Gasteiger partial charge in [-0.05, 0) is 23.7 Å². The van der Waals surface area contributed by atoms with Gasteiger partial charge in [-0.2, -0.15) is 0 Å². The Kier molecular flexibility index (Phi) is 4.03. The van der Waals surface area contributed by atoms with E-state index in [0.717, 1.165) is 31.6 Å². The molecule has 0 atom stereocenters. The maximum absolute atomic E-state index is 12.6. The van der Waals surface area contributed by atoms with Crippen LogP contribution < -0.4 is 0 Å². The smallest absolute Gasteiger partial charge is 0.178 e. The highest BCUT2D eigenvalue weighted by Gasteiger charge is 2.36. The number of aromatic nitrogens is 1. The van der Waals surface area contributed by atoms with E-state index in [4.69, 9.17) is 0 Å². The van der Waals surface area contributed by atoms with E-state index >= 15 is 0 Å². The molecule has 0 fully saturated rings. The van der Waals surface area contributed by atoms with Crippen molar-refractivity contribution in [2.24, 2.45) is 5.41 Å². The molecule has 6 heteroatoms. The number of hydrogen-bond acceptors (Lipinski definition) is 6. The number of carbonyl (C=O) groups excluding carboxylic acids is 2. The van der Waals surface area contributed by atoms with Crippen LogP contribution in [0.1, 0.15) is 53.6 Å². The van der Waals surface area contributed by atoms with E-state index in [1.807, 2.05) is 6.26 Å². The van der Waals surface area contributed by atoms with Gasteiger partial charge in [-0.25, -0.2) is 4.98 Å². The maximum atomic E-state index is 12.6. The topological polar surface area (TPSA) is 47.0 Å². The highest BCUT2D eigenvalue weighted by atomic mass is 32.2. The van der Waals surface area contributed by atoms with E-state index in [1.165, 1.54) is 18.3 Å². The molecule has 0 aromatic carbocycles. The Morgan fingerprint density at radius 3 is 2.68 bits per heavy atom. The normalized spacial score (nSPS) is 16.6. The summed E-state index contributed by atoms with van der Waals surface area (Å²) in [6.45, 7) is 5.80. The van der Waals surface area contributed by atoms with E-state index in [-0.39, 0.29) is 17.0 Å². The first-order chi connectivity index (χ1) is 10.3. The van der Waals surface area contributed by atoms with Crippen molar-refractivity contribution in [2.75, 3.05) is 6.26 Å². The molecule has 1 aliphatic carbocycles. The second-order valence-electron chi connectivity index (χ2n) is 6.31. The lowest BCUT2D eigenvalue weighted by Crippen LogP contribution is -2.26. The first-order valence-corrected chi connectivity index (χ1v) is 9.94. The molecule has 0 amide bonds. The van der Waals surface area contributed by atoms with Crippen molar-refractivity contribution < 1.29 is 9.59 Å². The third-order valence-corrected chi connectivity index (χ3v) is 7.14. The summed E-state index contributed by atoms with van der Waals surface area (Å²) in [6.07, 6.45) is 3.49. The summed E-state index contributed by atoms with van der Waals surface area (Å²) in [6, 6.07) is 0. The monoisotopic (exact) mass is 351 g/mol. The Morgan fingerprint density at radius 2 is 2.09 bits per heavy atom. The van der Waals surface area contributed by atoms with Gasteiger partial charge in [0.05, 0.1) is 9.09 Å². The molecule has 116 valence electrons. The lowest BCUT2D eigenvalue weighted by Gasteiger charge is -2.29. The van der Waals surface area contributed by atoms with Crippen LogP contribution in [0.2, 0.25) is 0 Å². The van der Waals surface area contributed by atoms with Crippen LogP contribution in [-0.2, 0) is 6.42 Å². The van der Waals surface area contributed by atoms with Gasteiger partial charge >= 0.3 is 0 Å². The van der Waals surface area contributed by atoms with E-state index in [2.05, 4.69) is 18.8 Å². The summed E-state index contributed by atoms with van der Waals surface area (Å²) in [5.41, 5.74) is 2.51. The molecular formula is C16H17NO2S3. The third-order valence-electron chi connectivity index (χ3n) is 3.79. The highest BCUT2D eigenvalue weighted by Crippen LogP contribution is 2.48. The fourth-order valence-electron chi connectivity index (χ4n) is 2.81. The van der Waals surface area contributed by atoms with Gasteiger partial charge in [-0.3, -0.25) is 9.59 Å². The zero-order chi connectivity index (χ0) is 16.1. The first-order valence-electron chi connectivity index (χ1n) is 7.02. The van der Waals surface area contributed by atoms with Crippen LogP contribution in [-0.4, -0.2) is 22.8 Å². The van der Waals surface area contributed by atoms with Crippen LogP contribution in [0.3, 0.4) is 0 Å². The van der Waals surface area contributed by atoms with Crippen LogP contribution in [0.5, 0.6) is 0 Å². The van der Waals surface area contributed by atoms with Gasteiger partial charge in [-0.1, -0.05) is 13.8 Å². The summed E-state index contributed by atoms with van der Waals surface area (Å²) in [7, 11) is 0. The van der Waals surface area contributed by atoms with Crippen molar-refractivity contribution in [1.82, 2.24) is 4.98 Å². The van der Waals surface area contributed by atoms with Crippen LogP contribution >= 0.6 is 34.4 Å². The van der Waals surface area contributed by atoms with Gasteiger partial charge in [0.1, 0.15) is 10.7 Å². The molecule has 0 aliphatic heterocycles. The molecule has 3 nitrogen and oxygen atoms in total. The number of nitrogens with zero attached hydrogens (tertiary/aromatic N) is 1. The van der Waals surface area contributed by atoms with Gasteiger partial charge < -0.3 is 0 Å². The SMILES string of the molecule is CSc1sc(-c2nc(C(C)=O)cs2)c2c1C(=O)CC(C)(C)C2. The van der Waals surface area contributed by atoms with E-state index in [1.54, 1.807) is 28.5 Å². The molecule has 0 saturated heterocycles.